The molecule has 0 aliphatic heterocycles. The first-order valence-electron chi connectivity index (χ1n) is 18.9. The number of rotatable bonds is 10. The second-order valence-electron chi connectivity index (χ2n) is 14.1. The minimum Gasteiger partial charge on any atom is -0.469 e. The normalized spacial score (nSPS) is 16.2. The minimum atomic E-state index is -2.58. The highest BCUT2D eigenvalue weighted by Crippen LogP contribution is 2.36. The third-order valence-electron chi connectivity index (χ3n) is 9.26. The molecule has 0 bridgehead atoms. The molecule has 0 unspecified atom stereocenters. The highest BCUT2D eigenvalue weighted by molar-refractivity contribution is 6.29. The Labute approximate surface area is 342 Å². The van der Waals surface area contributed by atoms with Crippen LogP contribution in [0.15, 0.2) is 82.5 Å². The van der Waals surface area contributed by atoms with Crippen molar-refractivity contribution in [1.82, 2.24) is 39.9 Å². The van der Waals surface area contributed by atoms with Crippen molar-refractivity contribution in [1.29, 1.82) is 0 Å². The average molecular weight is 839 g/mol. The Bertz CT molecular complexity index is 2210. The van der Waals surface area contributed by atoms with Gasteiger partial charge in [-0.3, -0.25) is 0 Å². The molecule has 2 saturated carbocycles. The van der Waals surface area contributed by atoms with Crippen LogP contribution in [0.25, 0.3) is 23.0 Å². The zero-order valence-electron chi connectivity index (χ0n) is 32.3. The maximum Gasteiger partial charge on any atom is 0.248 e. The van der Waals surface area contributed by atoms with Gasteiger partial charge in [-0.05, 0) is 63.8 Å². The van der Waals surface area contributed by atoms with Crippen molar-refractivity contribution < 1.29 is 36.2 Å². The number of hydrogen-bond acceptors (Lipinski definition) is 14. The van der Waals surface area contributed by atoms with Crippen LogP contribution in [0.1, 0.15) is 74.3 Å². The molecule has 0 aromatic carbocycles. The summed E-state index contributed by atoms with van der Waals surface area (Å²) in [6.07, 6.45) is 6.76. The molecule has 8 rings (SSSR count). The van der Waals surface area contributed by atoms with Gasteiger partial charge in [-0.1, -0.05) is 23.7 Å². The lowest BCUT2D eigenvalue weighted by molar-refractivity contribution is -0.0366. The van der Waals surface area contributed by atoms with Gasteiger partial charge in [0.2, 0.25) is 17.7 Å². The van der Waals surface area contributed by atoms with Crippen LogP contribution in [0, 0.1) is 13.8 Å². The first-order valence-corrected chi connectivity index (χ1v) is 19.3. The molecule has 2 aliphatic carbocycles. The van der Waals surface area contributed by atoms with Gasteiger partial charge in [0.25, 0.3) is 0 Å². The maximum absolute atomic E-state index is 13.4. The minimum absolute atomic E-state index is 0.0288. The number of aromatic nitrogens is 8. The predicted octanol–water partition coefficient (Wildman–Crippen LogP) is 9.06. The molecule has 0 saturated heterocycles. The Morgan fingerprint density at radius 2 is 1.19 bits per heavy atom. The molecule has 2 aliphatic rings. The standard InChI is InChI=1S/C20H21F2N5O2.C16H17ClF2N4.C4H5NO2/c1-13-3-2-4-16(24-13)19-26-17(25-14-5-7-20(21,22)8-6-14)9-18(27-19)28-11-15-10-23-12-29-15;1-10-3-2-4-12(20-10)15-22-13(17)9-14(23-15)21-11-5-7-16(18,19)8-6-11;6-2-4-1-5-3-7-4/h2-4,9-10,12,14H,5-8,11H2,1H3,(H,25,26,27);2-4,9,11H,5-8H2,1H3,(H,21,22,23);1,3,6H,2H2. The number of aliphatic hydroxyl groups excluding tert-OH is 1. The lowest BCUT2D eigenvalue weighted by Crippen LogP contribution is -2.32. The molecule has 0 atom stereocenters. The van der Waals surface area contributed by atoms with E-state index in [1.54, 1.807) is 18.3 Å². The van der Waals surface area contributed by atoms with Gasteiger partial charge in [-0.2, -0.15) is 4.98 Å². The van der Waals surface area contributed by atoms with Crippen molar-refractivity contribution in [2.75, 3.05) is 10.6 Å². The van der Waals surface area contributed by atoms with E-state index < -0.39 is 11.8 Å². The number of oxazole rings is 2. The van der Waals surface area contributed by atoms with E-state index in [0.29, 0.717) is 82.9 Å². The SMILES string of the molecule is Cc1cccc(-c2nc(Cl)cc(NC3CCC(F)(F)CC3)n2)n1.Cc1cccc(-c2nc(NC3CCC(F)(F)CC3)cc(OCc3cnco3)n2)n1.OCc1cnco1. The fraction of sp³-hybridized carbons (Fsp3) is 0.400. The molecule has 6 aromatic rings. The Morgan fingerprint density at radius 1 is 0.695 bits per heavy atom. The quantitative estimate of drug-likeness (QED) is 0.0877. The van der Waals surface area contributed by atoms with Crippen molar-refractivity contribution in [2.24, 2.45) is 0 Å². The smallest absolute Gasteiger partial charge is 0.248 e. The fourth-order valence-electron chi connectivity index (χ4n) is 6.19. The molecule has 3 N–H and O–H groups in total. The van der Waals surface area contributed by atoms with Gasteiger partial charge in [0.15, 0.2) is 30.2 Å². The second-order valence-corrected chi connectivity index (χ2v) is 14.5. The highest BCUT2D eigenvalue weighted by atomic mass is 35.5. The zero-order chi connectivity index (χ0) is 41.8. The van der Waals surface area contributed by atoms with E-state index in [4.69, 9.17) is 25.9 Å². The van der Waals surface area contributed by atoms with Crippen LogP contribution in [0.3, 0.4) is 0 Å². The molecular formula is C40H43ClF4N10O4. The summed E-state index contributed by atoms with van der Waals surface area (Å²) < 4.78 is 68.9. The van der Waals surface area contributed by atoms with Crippen molar-refractivity contribution in [3.05, 3.63) is 102 Å². The monoisotopic (exact) mass is 838 g/mol. The summed E-state index contributed by atoms with van der Waals surface area (Å²) in [5.74, 6) is -1.86. The Hall–Kier alpha value is -5.75. The van der Waals surface area contributed by atoms with Crippen LogP contribution in [-0.4, -0.2) is 68.9 Å². The van der Waals surface area contributed by atoms with E-state index in [1.165, 1.54) is 19.0 Å². The van der Waals surface area contributed by atoms with E-state index in [-0.39, 0.29) is 51.0 Å². The molecule has 0 spiro atoms. The molecule has 6 aromatic heterocycles. The third-order valence-corrected chi connectivity index (χ3v) is 9.45. The molecule has 14 nitrogen and oxygen atoms in total. The van der Waals surface area contributed by atoms with Gasteiger partial charge in [-0.25, -0.2) is 52.4 Å². The Morgan fingerprint density at radius 3 is 1.64 bits per heavy atom. The van der Waals surface area contributed by atoms with E-state index in [1.807, 2.05) is 50.2 Å². The molecule has 0 amide bonds. The Kier molecular flexibility index (Phi) is 14.4. The molecule has 312 valence electrons. The van der Waals surface area contributed by atoms with Crippen molar-refractivity contribution in [2.45, 2.75) is 102 Å². The lowest BCUT2D eigenvalue weighted by atomic mass is 9.92. The Balaban J connectivity index is 0.000000173. The van der Waals surface area contributed by atoms with Gasteiger partial charge in [0.1, 0.15) is 47.2 Å². The zero-order valence-corrected chi connectivity index (χ0v) is 33.0. The topological polar surface area (TPSA) is 183 Å². The number of aryl methyl sites for hydroxylation is 2. The summed E-state index contributed by atoms with van der Waals surface area (Å²) in [6, 6.07) is 14.3. The van der Waals surface area contributed by atoms with Crippen LogP contribution >= 0.6 is 11.6 Å². The number of alkyl halides is 4. The van der Waals surface area contributed by atoms with Gasteiger partial charge < -0.3 is 29.3 Å². The van der Waals surface area contributed by atoms with Crippen LogP contribution in [-0.2, 0) is 13.2 Å². The number of hydrogen-bond donors (Lipinski definition) is 3. The summed E-state index contributed by atoms with van der Waals surface area (Å²) in [5, 5.41) is 15.0. The largest absolute Gasteiger partial charge is 0.469 e. The number of pyridine rings is 2. The fourth-order valence-corrected chi connectivity index (χ4v) is 6.38. The van der Waals surface area contributed by atoms with Gasteiger partial charge >= 0.3 is 0 Å². The van der Waals surface area contributed by atoms with Crippen LogP contribution in [0.2, 0.25) is 5.15 Å². The van der Waals surface area contributed by atoms with Crippen molar-refractivity contribution >= 4 is 23.2 Å². The summed E-state index contributed by atoms with van der Waals surface area (Å²) >= 11 is 6.06. The number of nitrogens with one attached hydrogen (secondary N) is 2. The van der Waals surface area contributed by atoms with Gasteiger partial charge in [0.05, 0.1) is 12.4 Å². The number of anilines is 2. The first-order chi connectivity index (χ1) is 28.3. The van der Waals surface area contributed by atoms with Gasteiger partial charge in [0, 0.05) is 61.3 Å². The molecule has 0 radical (unpaired) electrons. The summed E-state index contributed by atoms with van der Waals surface area (Å²) in [5.41, 5.74) is 2.93. The highest BCUT2D eigenvalue weighted by Gasteiger charge is 2.36. The van der Waals surface area contributed by atoms with Crippen LogP contribution < -0.4 is 15.4 Å². The van der Waals surface area contributed by atoms with E-state index in [9.17, 15) is 17.6 Å². The maximum atomic E-state index is 13.4. The van der Waals surface area contributed by atoms with Crippen molar-refractivity contribution in [3.63, 3.8) is 0 Å². The summed E-state index contributed by atoms with van der Waals surface area (Å²) in [7, 11) is 0. The van der Waals surface area contributed by atoms with E-state index in [2.05, 4.69) is 54.9 Å². The number of ether oxygens (including phenoxy) is 1. The molecule has 6 heterocycles. The number of halogens is 5. The van der Waals surface area contributed by atoms with E-state index in [0.717, 1.165) is 11.4 Å². The van der Waals surface area contributed by atoms with E-state index >= 15 is 0 Å². The molecule has 59 heavy (non-hydrogen) atoms. The number of aliphatic hydroxyl groups is 1. The van der Waals surface area contributed by atoms with Crippen molar-refractivity contribution in [3.8, 4) is 28.9 Å². The lowest BCUT2D eigenvalue weighted by Gasteiger charge is -2.29. The van der Waals surface area contributed by atoms with Crippen LogP contribution in [0.5, 0.6) is 5.88 Å². The molecule has 19 heteroatoms. The first kappa shape index (κ1) is 42.8. The van der Waals surface area contributed by atoms with Crippen LogP contribution in [0.4, 0.5) is 29.2 Å². The summed E-state index contributed by atoms with van der Waals surface area (Å²) in [4.78, 5) is 33.9. The molecule has 2 fully saturated rings. The average Bonchev–Trinajstić information content (AvgIpc) is 3.95. The third kappa shape index (κ3) is 13.4. The predicted molar refractivity (Wildman–Crippen MR) is 210 cm³/mol. The number of nitrogens with zero attached hydrogens (tertiary/aromatic N) is 8. The van der Waals surface area contributed by atoms with Gasteiger partial charge in [-0.15, -0.1) is 0 Å². The summed E-state index contributed by atoms with van der Waals surface area (Å²) in [6.45, 7) is 3.86. The molecular weight excluding hydrogens is 796 g/mol. The second kappa shape index (κ2) is 19.8.